The molecular formula is C11H12N4O. The predicted octanol–water partition coefficient (Wildman–Crippen LogP) is 0.577. The Balaban J connectivity index is 2.34. The van der Waals surface area contributed by atoms with E-state index >= 15 is 0 Å². The summed E-state index contributed by atoms with van der Waals surface area (Å²) in [5.41, 5.74) is 3.34. The summed E-state index contributed by atoms with van der Waals surface area (Å²) in [6.45, 7) is 0.451. The molecule has 82 valence electrons. The number of aromatic nitrogens is 2. The lowest BCUT2D eigenvalue weighted by Gasteiger charge is -2.08. The van der Waals surface area contributed by atoms with Crippen molar-refractivity contribution in [2.75, 3.05) is 5.43 Å². The molecule has 2 heterocycles. The summed E-state index contributed by atoms with van der Waals surface area (Å²) in [6, 6.07) is 8.73. The highest BCUT2D eigenvalue weighted by Crippen LogP contribution is 2.10. The first-order chi connectivity index (χ1) is 7.81. The van der Waals surface area contributed by atoms with Crippen molar-refractivity contribution in [3.63, 3.8) is 0 Å². The smallest absolute Gasteiger partial charge is 0.250 e. The second-order valence-electron chi connectivity index (χ2n) is 3.32. The van der Waals surface area contributed by atoms with Gasteiger partial charge in [-0.3, -0.25) is 4.79 Å². The zero-order valence-corrected chi connectivity index (χ0v) is 8.63. The molecule has 5 heteroatoms. The number of nitrogen functional groups attached to an aromatic ring is 1. The molecule has 0 fully saturated rings. The first kappa shape index (κ1) is 10.4. The van der Waals surface area contributed by atoms with Crippen LogP contribution in [0.4, 0.5) is 5.82 Å². The Bertz CT molecular complexity index is 535. The van der Waals surface area contributed by atoms with Crippen LogP contribution in [0, 0.1) is 0 Å². The Morgan fingerprint density at radius 2 is 2.19 bits per heavy atom. The average Bonchev–Trinajstić information content (AvgIpc) is 2.33. The molecule has 0 aliphatic carbocycles. The fraction of sp³-hybridized carbons (Fsp3) is 0.0909. The zero-order valence-electron chi connectivity index (χ0n) is 8.63. The fourth-order valence-corrected chi connectivity index (χ4v) is 1.47. The van der Waals surface area contributed by atoms with Crippen molar-refractivity contribution >= 4 is 5.82 Å². The van der Waals surface area contributed by atoms with E-state index in [1.54, 1.807) is 23.0 Å². The van der Waals surface area contributed by atoms with E-state index in [0.29, 0.717) is 12.4 Å². The lowest BCUT2D eigenvalue weighted by molar-refractivity contribution is 0.757. The van der Waals surface area contributed by atoms with E-state index in [4.69, 9.17) is 5.84 Å². The summed E-state index contributed by atoms with van der Waals surface area (Å²) >= 11 is 0. The molecule has 3 N–H and O–H groups in total. The molecule has 5 nitrogen and oxygen atoms in total. The Morgan fingerprint density at radius 1 is 1.31 bits per heavy atom. The van der Waals surface area contributed by atoms with Gasteiger partial charge in [0.25, 0.3) is 5.56 Å². The van der Waals surface area contributed by atoms with Crippen molar-refractivity contribution in [2.24, 2.45) is 5.84 Å². The Kier molecular flexibility index (Phi) is 2.98. The maximum absolute atomic E-state index is 11.5. The quantitative estimate of drug-likeness (QED) is 0.581. The number of hydrazine groups is 1. The summed E-state index contributed by atoms with van der Waals surface area (Å²) in [5.74, 6) is 5.92. The monoisotopic (exact) mass is 216 g/mol. The molecule has 2 aromatic rings. The van der Waals surface area contributed by atoms with Crippen molar-refractivity contribution in [1.82, 2.24) is 9.55 Å². The van der Waals surface area contributed by atoms with Gasteiger partial charge in [0.2, 0.25) is 0 Å². The van der Waals surface area contributed by atoms with Crippen molar-refractivity contribution < 1.29 is 0 Å². The summed E-state index contributed by atoms with van der Waals surface area (Å²) in [7, 11) is 0. The number of nitrogens with two attached hydrogens (primary N) is 1. The highest BCUT2D eigenvalue weighted by Gasteiger charge is 2.02. The van der Waals surface area contributed by atoms with E-state index in [0.717, 1.165) is 5.56 Å². The lowest BCUT2D eigenvalue weighted by atomic mass is 10.2. The third kappa shape index (κ3) is 2.09. The van der Waals surface area contributed by atoms with Gasteiger partial charge < -0.3 is 9.99 Å². The molecule has 0 spiro atoms. The average molecular weight is 216 g/mol. The van der Waals surface area contributed by atoms with Crippen LogP contribution >= 0.6 is 0 Å². The molecule has 2 rings (SSSR count). The van der Waals surface area contributed by atoms with Gasteiger partial charge in [-0.05, 0) is 12.1 Å². The summed E-state index contributed by atoms with van der Waals surface area (Å²) in [4.78, 5) is 15.6. The standard InChI is InChI=1S/C11H12N4O/c12-14-11-9(4-3-6-13-11)8-15-7-2-1-5-10(15)16/h1-7H,8,12H2,(H,13,14). The Hall–Kier alpha value is -2.14. The number of anilines is 1. The Labute approximate surface area is 92.5 Å². The second kappa shape index (κ2) is 4.59. The van der Waals surface area contributed by atoms with E-state index in [1.807, 2.05) is 18.2 Å². The number of nitrogens with zero attached hydrogens (tertiary/aromatic N) is 2. The zero-order chi connectivity index (χ0) is 11.4. The van der Waals surface area contributed by atoms with Gasteiger partial charge in [0.1, 0.15) is 5.82 Å². The highest BCUT2D eigenvalue weighted by atomic mass is 16.1. The molecule has 0 bridgehead atoms. The van der Waals surface area contributed by atoms with Crippen molar-refractivity contribution in [2.45, 2.75) is 6.54 Å². The Morgan fingerprint density at radius 3 is 2.94 bits per heavy atom. The highest BCUT2D eigenvalue weighted by molar-refractivity contribution is 5.42. The molecule has 0 saturated heterocycles. The van der Waals surface area contributed by atoms with Gasteiger partial charge in [0.15, 0.2) is 0 Å². The van der Waals surface area contributed by atoms with Crippen LogP contribution in [0.5, 0.6) is 0 Å². The number of rotatable bonds is 3. The van der Waals surface area contributed by atoms with Crippen LogP contribution in [0.25, 0.3) is 0 Å². The molecule has 0 saturated carbocycles. The van der Waals surface area contributed by atoms with Gasteiger partial charge in [-0.15, -0.1) is 0 Å². The fourth-order valence-electron chi connectivity index (χ4n) is 1.47. The van der Waals surface area contributed by atoms with Gasteiger partial charge in [0, 0.05) is 24.0 Å². The number of nitrogens with one attached hydrogen (secondary N) is 1. The van der Waals surface area contributed by atoms with Gasteiger partial charge >= 0.3 is 0 Å². The van der Waals surface area contributed by atoms with E-state index in [1.165, 1.54) is 6.07 Å². The summed E-state index contributed by atoms with van der Waals surface area (Å²) in [6.07, 6.45) is 3.38. The molecule has 0 aromatic carbocycles. The van der Waals surface area contributed by atoms with Gasteiger partial charge in [-0.1, -0.05) is 12.1 Å². The first-order valence-corrected chi connectivity index (χ1v) is 4.87. The van der Waals surface area contributed by atoms with Crippen LogP contribution in [0.2, 0.25) is 0 Å². The molecule has 0 atom stereocenters. The van der Waals surface area contributed by atoms with Crippen molar-refractivity contribution in [3.05, 3.63) is 58.6 Å². The van der Waals surface area contributed by atoms with Crippen LogP contribution in [-0.2, 0) is 6.54 Å². The molecule has 0 unspecified atom stereocenters. The van der Waals surface area contributed by atoms with Crippen molar-refractivity contribution in [3.8, 4) is 0 Å². The minimum absolute atomic E-state index is 0.0469. The molecule has 0 aliphatic rings. The lowest BCUT2D eigenvalue weighted by Crippen LogP contribution is -2.20. The van der Waals surface area contributed by atoms with Gasteiger partial charge in [0.05, 0.1) is 6.54 Å². The van der Waals surface area contributed by atoms with E-state index < -0.39 is 0 Å². The number of pyridine rings is 2. The third-order valence-corrected chi connectivity index (χ3v) is 2.27. The SMILES string of the molecule is NNc1ncccc1Cn1ccccc1=O. The normalized spacial score (nSPS) is 10.1. The van der Waals surface area contributed by atoms with Crippen LogP contribution in [0.15, 0.2) is 47.5 Å². The van der Waals surface area contributed by atoms with E-state index in [-0.39, 0.29) is 5.56 Å². The minimum atomic E-state index is -0.0469. The maximum atomic E-state index is 11.5. The molecule has 0 radical (unpaired) electrons. The van der Waals surface area contributed by atoms with Gasteiger partial charge in [-0.25, -0.2) is 10.8 Å². The topological polar surface area (TPSA) is 72.9 Å². The third-order valence-electron chi connectivity index (χ3n) is 2.27. The molecule has 2 aromatic heterocycles. The second-order valence-corrected chi connectivity index (χ2v) is 3.32. The van der Waals surface area contributed by atoms with Crippen LogP contribution in [-0.4, -0.2) is 9.55 Å². The predicted molar refractivity (Wildman–Crippen MR) is 61.9 cm³/mol. The minimum Gasteiger partial charge on any atom is -0.311 e. The molecule has 0 aliphatic heterocycles. The molecular weight excluding hydrogens is 204 g/mol. The van der Waals surface area contributed by atoms with Crippen LogP contribution in [0.1, 0.15) is 5.56 Å². The maximum Gasteiger partial charge on any atom is 0.250 e. The number of hydrogen-bond acceptors (Lipinski definition) is 4. The largest absolute Gasteiger partial charge is 0.311 e. The number of hydrogen-bond donors (Lipinski definition) is 2. The van der Waals surface area contributed by atoms with E-state index in [9.17, 15) is 4.79 Å². The molecule has 0 amide bonds. The van der Waals surface area contributed by atoms with E-state index in [2.05, 4.69) is 10.4 Å². The molecule has 16 heavy (non-hydrogen) atoms. The summed E-state index contributed by atoms with van der Waals surface area (Å²) in [5, 5.41) is 0. The summed E-state index contributed by atoms with van der Waals surface area (Å²) < 4.78 is 1.60. The first-order valence-electron chi connectivity index (χ1n) is 4.87. The van der Waals surface area contributed by atoms with Crippen LogP contribution < -0.4 is 16.8 Å². The van der Waals surface area contributed by atoms with Crippen molar-refractivity contribution in [1.29, 1.82) is 0 Å². The van der Waals surface area contributed by atoms with Crippen LogP contribution in [0.3, 0.4) is 0 Å². The van der Waals surface area contributed by atoms with Gasteiger partial charge in [-0.2, -0.15) is 0 Å².